The molecule has 0 aromatic heterocycles. The Morgan fingerprint density at radius 2 is 1.71 bits per heavy atom. The lowest BCUT2D eigenvalue weighted by Gasteiger charge is -2.14. The number of phenols is 1. The van der Waals surface area contributed by atoms with E-state index in [4.69, 9.17) is 10.00 Å². The van der Waals surface area contributed by atoms with Gasteiger partial charge in [-0.2, -0.15) is 5.26 Å². The van der Waals surface area contributed by atoms with Crippen LogP contribution in [0.2, 0.25) is 0 Å². The molecule has 0 bridgehead atoms. The summed E-state index contributed by atoms with van der Waals surface area (Å²) in [5.41, 5.74) is 5.37. The number of aliphatic hydroxyl groups excluding tert-OH is 2. The number of nitrogens with zero attached hydrogens (tertiary/aromatic N) is 1. The lowest BCUT2D eigenvalue weighted by molar-refractivity contribution is 0.117. The molecular weight excluding hydrogens is 440 g/mol. The van der Waals surface area contributed by atoms with Gasteiger partial charge in [-0.3, -0.25) is 0 Å². The Bertz CT molecular complexity index is 1090. The molecule has 0 radical (unpaired) electrons. The number of rotatable bonds is 14. The molecule has 0 aliphatic heterocycles. The Morgan fingerprint density at radius 3 is 2.49 bits per heavy atom. The van der Waals surface area contributed by atoms with Crippen LogP contribution in [0.5, 0.6) is 5.75 Å². The van der Waals surface area contributed by atoms with E-state index in [2.05, 4.69) is 29.6 Å². The Hall–Kier alpha value is -3.21. The zero-order valence-electron chi connectivity index (χ0n) is 20.0. The van der Waals surface area contributed by atoms with Gasteiger partial charge in [0.05, 0.1) is 31.0 Å². The molecule has 6 nitrogen and oxygen atoms in total. The summed E-state index contributed by atoms with van der Waals surface area (Å²) in [5.74, 6) is 0.0309. The van der Waals surface area contributed by atoms with Crippen LogP contribution in [0.4, 0.5) is 0 Å². The van der Waals surface area contributed by atoms with Crippen molar-refractivity contribution in [2.45, 2.75) is 45.0 Å². The second-order valence-corrected chi connectivity index (χ2v) is 8.65. The molecule has 0 aliphatic carbocycles. The van der Waals surface area contributed by atoms with Crippen LogP contribution in [-0.2, 0) is 30.8 Å². The fraction of sp³-hybridized carbons (Fsp3) is 0.345. The third-order valence-electron chi connectivity index (χ3n) is 5.93. The summed E-state index contributed by atoms with van der Waals surface area (Å²) in [6.07, 6.45) is 3.16. The van der Waals surface area contributed by atoms with Crippen molar-refractivity contribution in [2.24, 2.45) is 0 Å². The van der Waals surface area contributed by atoms with E-state index in [1.165, 1.54) is 17.2 Å². The second-order valence-electron chi connectivity index (χ2n) is 8.65. The van der Waals surface area contributed by atoms with Gasteiger partial charge in [0, 0.05) is 18.7 Å². The molecule has 35 heavy (non-hydrogen) atoms. The maximum absolute atomic E-state index is 10.4. The molecule has 0 amide bonds. The van der Waals surface area contributed by atoms with E-state index < -0.39 is 6.10 Å². The minimum absolute atomic E-state index is 0.0309. The summed E-state index contributed by atoms with van der Waals surface area (Å²) in [4.78, 5) is 0. The Balaban J connectivity index is 1.31. The normalized spacial score (nSPS) is 11.8. The molecule has 0 unspecified atom stereocenters. The van der Waals surface area contributed by atoms with E-state index >= 15 is 0 Å². The zero-order chi connectivity index (χ0) is 24.9. The summed E-state index contributed by atoms with van der Waals surface area (Å²) < 4.78 is 5.86. The molecule has 0 saturated heterocycles. The molecule has 0 fully saturated rings. The average Bonchev–Trinajstić information content (AvgIpc) is 2.89. The monoisotopic (exact) mass is 474 g/mol. The first-order valence-corrected chi connectivity index (χ1v) is 12.0. The first-order chi connectivity index (χ1) is 17.1. The molecule has 4 N–H and O–H groups in total. The lowest BCUT2D eigenvalue weighted by Crippen LogP contribution is -2.23. The summed E-state index contributed by atoms with van der Waals surface area (Å²) in [7, 11) is 0. The minimum Gasteiger partial charge on any atom is -0.508 e. The van der Waals surface area contributed by atoms with E-state index in [0.29, 0.717) is 29.8 Å². The molecule has 6 heteroatoms. The number of hydrogen-bond acceptors (Lipinski definition) is 6. The number of nitrogens with one attached hydrogen (secondary N) is 1. The molecule has 1 atom stereocenters. The molecule has 3 aromatic rings. The third kappa shape index (κ3) is 8.82. The third-order valence-corrected chi connectivity index (χ3v) is 5.93. The Morgan fingerprint density at radius 1 is 0.914 bits per heavy atom. The van der Waals surface area contributed by atoms with Gasteiger partial charge in [-0.15, -0.1) is 0 Å². The Kier molecular flexibility index (Phi) is 10.7. The summed E-state index contributed by atoms with van der Waals surface area (Å²) in [6.45, 7) is 2.15. The maximum atomic E-state index is 10.4. The van der Waals surface area contributed by atoms with Crippen molar-refractivity contribution in [2.75, 3.05) is 19.7 Å². The van der Waals surface area contributed by atoms with Gasteiger partial charge in [0.15, 0.2) is 0 Å². The quantitative estimate of drug-likeness (QED) is 0.262. The van der Waals surface area contributed by atoms with Crippen molar-refractivity contribution in [1.29, 1.82) is 5.26 Å². The number of aryl methyl sites for hydroxylation is 1. The molecular formula is C29H34N2O4. The van der Waals surface area contributed by atoms with Crippen LogP contribution in [0.15, 0.2) is 66.7 Å². The van der Waals surface area contributed by atoms with Crippen LogP contribution in [0, 0.1) is 11.3 Å². The van der Waals surface area contributed by atoms with E-state index in [1.54, 1.807) is 12.1 Å². The topological polar surface area (TPSA) is 106 Å². The van der Waals surface area contributed by atoms with Crippen LogP contribution >= 0.6 is 0 Å². The number of unbranched alkanes of at least 4 members (excludes halogenated alkanes) is 1. The van der Waals surface area contributed by atoms with Crippen LogP contribution in [-0.4, -0.2) is 35.0 Å². The molecule has 184 valence electrons. The van der Waals surface area contributed by atoms with Crippen molar-refractivity contribution >= 4 is 0 Å². The van der Waals surface area contributed by atoms with Crippen LogP contribution in [0.1, 0.15) is 52.3 Å². The SMILES string of the molecule is N#Cc1ccc(CCCCOCc2cccc(CCNC[C@H](O)c3ccc(O)c(CO)c3)c2)cc1. The largest absolute Gasteiger partial charge is 0.508 e. The standard InChI is InChI=1S/C29H34N2O4/c30-18-24-9-7-22(8-10-24)4-1-2-15-35-21-25-6-3-5-23(16-25)13-14-31-19-29(34)26-11-12-28(33)27(17-26)20-32/h3,5-12,16-17,29,31-34H,1-2,4,13-15,19-21H2/t29-/m0/s1. The highest BCUT2D eigenvalue weighted by molar-refractivity contribution is 5.36. The lowest BCUT2D eigenvalue weighted by atomic mass is 10.0. The number of aliphatic hydroxyl groups is 2. The van der Waals surface area contributed by atoms with Crippen molar-refractivity contribution in [1.82, 2.24) is 5.32 Å². The van der Waals surface area contributed by atoms with E-state index in [9.17, 15) is 15.3 Å². The van der Waals surface area contributed by atoms with Gasteiger partial charge in [0.1, 0.15) is 5.75 Å². The molecule has 0 spiro atoms. The number of benzene rings is 3. The van der Waals surface area contributed by atoms with E-state index in [0.717, 1.165) is 44.4 Å². The van der Waals surface area contributed by atoms with Crippen LogP contribution < -0.4 is 5.32 Å². The van der Waals surface area contributed by atoms with Crippen LogP contribution in [0.25, 0.3) is 0 Å². The van der Waals surface area contributed by atoms with E-state index in [1.807, 2.05) is 30.3 Å². The van der Waals surface area contributed by atoms with Gasteiger partial charge in [0.2, 0.25) is 0 Å². The predicted molar refractivity (Wildman–Crippen MR) is 136 cm³/mol. The van der Waals surface area contributed by atoms with Crippen molar-refractivity contribution in [3.63, 3.8) is 0 Å². The first-order valence-electron chi connectivity index (χ1n) is 12.0. The van der Waals surface area contributed by atoms with Gasteiger partial charge < -0.3 is 25.4 Å². The number of aromatic hydroxyl groups is 1. The second kappa shape index (κ2) is 14.2. The highest BCUT2D eigenvalue weighted by Crippen LogP contribution is 2.22. The molecule has 3 aromatic carbocycles. The van der Waals surface area contributed by atoms with Gasteiger partial charge in [-0.25, -0.2) is 0 Å². The van der Waals surface area contributed by atoms with Gasteiger partial charge in [-0.05, 0) is 78.7 Å². The fourth-order valence-electron chi connectivity index (χ4n) is 3.87. The van der Waals surface area contributed by atoms with Crippen LogP contribution in [0.3, 0.4) is 0 Å². The molecule has 0 saturated carbocycles. The molecule has 0 heterocycles. The number of hydrogen-bond donors (Lipinski definition) is 4. The smallest absolute Gasteiger partial charge is 0.121 e. The molecule has 3 rings (SSSR count). The maximum Gasteiger partial charge on any atom is 0.121 e. The highest BCUT2D eigenvalue weighted by atomic mass is 16.5. The van der Waals surface area contributed by atoms with Crippen molar-refractivity contribution in [3.05, 3.63) is 100 Å². The van der Waals surface area contributed by atoms with Gasteiger partial charge >= 0.3 is 0 Å². The van der Waals surface area contributed by atoms with Crippen molar-refractivity contribution in [3.8, 4) is 11.8 Å². The highest BCUT2D eigenvalue weighted by Gasteiger charge is 2.10. The Labute approximate surface area is 207 Å². The fourth-order valence-corrected chi connectivity index (χ4v) is 3.87. The summed E-state index contributed by atoms with van der Waals surface area (Å²) in [6, 6.07) is 23.0. The zero-order valence-corrected chi connectivity index (χ0v) is 20.0. The van der Waals surface area contributed by atoms with E-state index in [-0.39, 0.29) is 12.4 Å². The minimum atomic E-state index is -0.711. The summed E-state index contributed by atoms with van der Waals surface area (Å²) in [5, 5.41) is 41.4. The summed E-state index contributed by atoms with van der Waals surface area (Å²) >= 11 is 0. The molecule has 0 aliphatic rings. The van der Waals surface area contributed by atoms with Crippen molar-refractivity contribution < 1.29 is 20.1 Å². The van der Waals surface area contributed by atoms with Gasteiger partial charge in [0.25, 0.3) is 0 Å². The number of ether oxygens (including phenoxy) is 1. The first kappa shape index (κ1) is 26.4. The predicted octanol–water partition coefficient (Wildman–Crippen LogP) is 4.16. The average molecular weight is 475 g/mol. The van der Waals surface area contributed by atoms with Gasteiger partial charge in [-0.1, -0.05) is 42.5 Å². The number of nitriles is 1.